The zero-order valence-electron chi connectivity index (χ0n) is 14.6. The fourth-order valence-electron chi connectivity index (χ4n) is 3.86. The monoisotopic (exact) mass is 369 g/mol. The van der Waals surface area contributed by atoms with Crippen molar-refractivity contribution < 1.29 is 9.59 Å². The van der Waals surface area contributed by atoms with Crippen molar-refractivity contribution in [2.24, 2.45) is 7.05 Å². The van der Waals surface area contributed by atoms with E-state index in [1.54, 1.807) is 24.3 Å². The van der Waals surface area contributed by atoms with Crippen LogP contribution in [0.1, 0.15) is 31.8 Å². The molecule has 0 saturated carbocycles. The number of rotatable bonds is 2. The summed E-state index contributed by atoms with van der Waals surface area (Å²) in [5.41, 5.74) is 4.59. The number of benzene rings is 2. The van der Waals surface area contributed by atoms with Crippen molar-refractivity contribution in [2.45, 2.75) is 0 Å². The number of nitrogens with zero attached hydrogens (tertiary/aromatic N) is 1. The Morgan fingerprint density at radius 3 is 2.15 bits per heavy atom. The fraction of sp³-hybridized carbons (Fsp3) is 0.0435. The summed E-state index contributed by atoms with van der Waals surface area (Å²) in [6, 6.07) is 17.0. The molecule has 1 aliphatic rings. The van der Waals surface area contributed by atoms with Gasteiger partial charge in [-0.1, -0.05) is 42.5 Å². The van der Waals surface area contributed by atoms with E-state index in [0.29, 0.717) is 22.3 Å². The molecular formula is C23H15NO2S. The largest absolute Gasteiger partial charge is 0.350 e. The summed E-state index contributed by atoms with van der Waals surface area (Å²) in [6.07, 6.45) is 1.95. The average molecular weight is 369 g/mol. The normalized spacial score (nSPS) is 14.1. The standard InChI is InChI=1S/C23H15NO2S/c1-24-12-18(15-6-4-5-9-19(15)24)21-20(14-10-11-27-13-14)22(25)16-7-2-3-8-17(16)23(21)26/h2-13H,1H3. The van der Waals surface area contributed by atoms with E-state index in [0.717, 1.165) is 22.0 Å². The van der Waals surface area contributed by atoms with Crippen LogP contribution in [0.5, 0.6) is 0 Å². The topological polar surface area (TPSA) is 39.1 Å². The minimum absolute atomic E-state index is 0.0912. The molecule has 0 fully saturated rings. The minimum atomic E-state index is -0.0947. The lowest BCUT2D eigenvalue weighted by atomic mass is 9.79. The average Bonchev–Trinajstić information content (AvgIpc) is 3.33. The molecule has 0 atom stereocenters. The van der Waals surface area contributed by atoms with Crippen molar-refractivity contribution in [3.8, 4) is 0 Å². The molecule has 0 saturated heterocycles. The predicted molar refractivity (Wildman–Crippen MR) is 109 cm³/mol. The molecule has 4 heteroatoms. The third kappa shape index (κ3) is 2.27. The molecule has 1 aliphatic carbocycles. The van der Waals surface area contributed by atoms with Gasteiger partial charge in [-0.25, -0.2) is 0 Å². The van der Waals surface area contributed by atoms with Crippen molar-refractivity contribution in [1.29, 1.82) is 0 Å². The Bertz CT molecular complexity index is 1260. The van der Waals surface area contributed by atoms with Gasteiger partial charge in [-0.3, -0.25) is 9.59 Å². The first-order valence-electron chi connectivity index (χ1n) is 8.66. The van der Waals surface area contributed by atoms with Gasteiger partial charge in [-0.05, 0) is 28.5 Å². The van der Waals surface area contributed by atoms with E-state index < -0.39 is 0 Å². The van der Waals surface area contributed by atoms with Gasteiger partial charge in [0.15, 0.2) is 11.6 Å². The second-order valence-electron chi connectivity index (χ2n) is 6.64. The summed E-state index contributed by atoms with van der Waals surface area (Å²) < 4.78 is 2.00. The lowest BCUT2D eigenvalue weighted by Crippen LogP contribution is -2.20. The van der Waals surface area contributed by atoms with Gasteiger partial charge < -0.3 is 4.57 Å². The van der Waals surface area contributed by atoms with Crippen molar-refractivity contribution in [3.63, 3.8) is 0 Å². The third-order valence-electron chi connectivity index (χ3n) is 5.10. The molecule has 130 valence electrons. The molecule has 4 aromatic rings. The van der Waals surface area contributed by atoms with Crippen LogP contribution in [-0.2, 0) is 7.05 Å². The number of fused-ring (bicyclic) bond motifs is 2. The van der Waals surface area contributed by atoms with Gasteiger partial charge in [-0.15, -0.1) is 0 Å². The molecule has 2 aromatic heterocycles. The molecule has 0 N–H and O–H groups in total. The zero-order chi connectivity index (χ0) is 18.5. The molecule has 0 unspecified atom stereocenters. The third-order valence-corrected chi connectivity index (χ3v) is 5.78. The number of hydrogen-bond donors (Lipinski definition) is 0. The van der Waals surface area contributed by atoms with Gasteiger partial charge in [-0.2, -0.15) is 11.3 Å². The van der Waals surface area contributed by atoms with Gasteiger partial charge in [0.1, 0.15) is 0 Å². The lowest BCUT2D eigenvalue weighted by Gasteiger charge is -2.20. The van der Waals surface area contributed by atoms with E-state index in [-0.39, 0.29) is 11.6 Å². The predicted octanol–water partition coefficient (Wildman–Crippen LogP) is 5.23. The second-order valence-corrected chi connectivity index (χ2v) is 7.42. The number of hydrogen-bond acceptors (Lipinski definition) is 3. The number of thiophene rings is 1. The maximum atomic E-state index is 13.5. The Labute approximate surface area is 160 Å². The Kier molecular flexibility index (Phi) is 3.49. The Morgan fingerprint density at radius 1 is 0.778 bits per heavy atom. The highest BCUT2D eigenvalue weighted by Crippen LogP contribution is 2.40. The highest BCUT2D eigenvalue weighted by Gasteiger charge is 2.34. The number of Topliss-reactive ketones (excluding diaryl/α,β-unsaturated/α-hetero) is 2. The van der Waals surface area contributed by atoms with E-state index in [1.807, 2.05) is 58.9 Å². The van der Waals surface area contributed by atoms with Gasteiger partial charge in [0.2, 0.25) is 0 Å². The molecule has 3 nitrogen and oxygen atoms in total. The Hall–Kier alpha value is -3.24. The van der Waals surface area contributed by atoms with Gasteiger partial charge in [0.05, 0.1) is 0 Å². The molecule has 0 spiro atoms. The van der Waals surface area contributed by atoms with Gasteiger partial charge >= 0.3 is 0 Å². The van der Waals surface area contributed by atoms with E-state index in [9.17, 15) is 9.59 Å². The van der Waals surface area contributed by atoms with Crippen LogP contribution in [0.2, 0.25) is 0 Å². The molecule has 0 bridgehead atoms. The number of carbonyl (C=O) groups excluding carboxylic acids is 2. The van der Waals surface area contributed by atoms with Gasteiger partial charge in [0, 0.05) is 52.0 Å². The number of para-hydroxylation sites is 1. The summed E-state index contributed by atoms with van der Waals surface area (Å²) in [4.78, 5) is 26.9. The molecule has 2 heterocycles. The Morgan fingerprint density at radius 2 is 1.44 bits per heavy atom. The fourth-order valence-corrected chi connectivity index (χ4v) is 4.50. The maximum absolute atomic E-state index is 13.5. The summed E-state index contributed by atoms with van der Waals surface area (Å²) in [6.45, 7) is 0. The SMILES string of the molecule is Cn1cc(C2=C(c3ccsc3)C(=O)c3ccccc3C2=O)c2ccccc21. The summed E-state index contributed by atoms with van der Waals surface area (Å²) in [5, 5.41) is 4.84. The number of aryl methyl sites for hydroxylation is 1. The van der Waals surface area contributed by atoms with E-state index in [1.165, 1.54) is 11.3 Å². The Balaban J connectivity index is 1.90. The van der Waals surface area contributed by atoms with E-state index in [2.05, 4.69) is 0 Å². The number of allylic oxidation sites excluding steroid dienone is 2. The first-order valence-corrected chi connectivity index (χ1v) is 9.61. The van der Waals surface area contributed by atoms with Crippen LogP contribution in [0.15, 0.2) is 71.6 Å². The first kappa shape index (κ1) is 16.0. The molecule has 0 radical (unpaired) electrons. The zero-order valence-corrected chi connectivity index (χ0v) is 15.4. The molecule has 27 heavy (non-hydrogen) atoms. The van der Waals surface area contributed by atoms with Crippen molar-refractivity contribution >= 4 is 45.0 Å². The molecule has 0 amide bonds. The minimum Gasteiger partial charge on any atom is -0.350 e. The van der Waals surface area contributed by atoms with Crippen LogP contribution in [0.3, 0.4) is 0 Å². The van der Waals surface area contributed by atoms with E-state index in [4.69, 9.17) is 0 Å². The molecule has 5 rings (SSSR count). The van der Waals surface area contributed by atoms with Gasteiger partial charge in [0.25, 0.3) is 0 Å². The van der Waals surface area contributed by atoms with Crippen LogP contribution in [0.4, 0.5) is 0 Å². The van der Waals surface area contributed by atoms with Crippen molar-refractivity contribution in [2.75, 3.05) is 0 Å². The molecule has 2 aromatic carbocycles. The van der Waals surface area contributed by atoms with Crippen molar-refractivity contribution in [1.82, 2.24) is 4.57 Å². The summed E-state index contributed by atoms with van der Waals surface area (Å²) >= 11 is 1.52. The van der Waals surface area contributed by atoms with E-state index >= 15 is 0 Å². The lowest BCUT2D eigenvalue weighted by molar-refractivity contribution is 0.101. The van der Waals surface area contributed by atoms with Crippen LogP contribution in [0.25, 0.3) is 22.0 Å². The van der Waals surface area contributed by atoms with Crippen LogP contribution < -0.4 is 0 Å². The number of aromatic nitrogens is 1. The number of carbonyl (C=O) groups is 2. The van der Waals surface area contributed by atoms with Crippen LogP contribution in [0, 0.1) is 0 Å². The maximum Gasteiger partial charge on any atom is 0.195 e. The molecular weight excluding hydrogens is 354 g/mol. The van der Waals surface area contributed by atoms with Crippen LogP contribution in [-0.4, -0.2) is 16.1 Å². The first-order chi connectivity index (χ1) is 13.2. The highest BCUT2D eigenvalue weighted by atomic mass is 32.1. The number of ketones is 2. The summed E-state index contributed by atoms with van der Waals surface area (Å²) in [5.74, 6) is -0.186. The highest BCUT2D eigenvalue weighted by molar-refractivity contribution is 7.08. The smallest absolute Gasteiger partial charge is 0.195 e. The summed E-state index contributed by atoms with van der Waals surface area (Å²) in [7, 11) is 1.96. The quantitative estimate of drug-likeness (QED) is 0.485. The second kappa shape index (κ2) is 5.89. The van der Waals surface area contributed by atoms with Crippen LogP contribution >= 0.6 is 11.3 Å². The van der Waals surface area contributed by atoms with Crippen molar-refractivity contribution in [3.05, 3.63) is 93.8 Å². The molecule has 0 aliphatic heterocycles.